The van der Waals surface area contributed by atoms with Gasteiger partial charge in [-0.1, -0.05) is 32.9 Å². The summed E-state index contributed by atoms with van der Waals surface area (Å²) in [5.74, 6) is 0.114. The molecule has 0 aromatic heterocycles. The first-order valence-corrected chi connectivity index (χ1v) is 8.52. The third-order valence-electron chi connectivity index (χ3n) is 3.92. The van der Waals surface area contributed by atoms with Crippen molar-refractivity contribution < 1.29 is 14.3 Å². The Labute approximate surface area is 139 Å². The molecule has 1 N–H and O–H groups in total. The van der Waals surface area contributed by atoms with E-state index in [0.717, 1.165) is 24.1 Å². The molecule has 1 saturated heterocycles. The fourth-order valence-corrected chi connectivity index (χ4v) is 2.88. The van der Waals surface area contributed by atoms with Crippen LogP contribution in [0.4, 0.5) is 5.69 Å². The lowest BCUT2D eigenvalue weighted by Crippen LogP contribution is -2.23. The fraction of sp³-hybridized carbons (Fsp3) is 0.632. The van der Waals surface area contributed by atoms with Crippen molar-refractivity contribution >= 4 is 11.6 Å². The van der Waals surface area contributed by atoms with Gasteiger partial charge in [0.25, 0.3) is 0 Å². The molecule has 2 rings (SSSR count). The van der Waals surface area contributed by atoms with Gasteiger partial charge in [0.1, 0.15) is 0 Å². The Bertz CT molecular complexity index is 552. The molecule has 0 saturated carbocycles. The Kier molecular flexibility index (Phi) is 5.82. The number of carbonyl (C=O) groups excluding carboxylic acids is 1. The van der Waals surface area contributed by atoms with Gasteiger partial charge in [0.15, 0.2) is 5.79 Å². The van der Waals surface area contributed by atoms with Crippen molar-refractivity contribution in [1.82, 2.24) is 0 Å². The van der Waals surface area contributed by atoms with Crippen LogP contribution in [0.2, 0.25) is 0 Å². The van der Waals surface area contributed by atoms with Gasteiger partial charge in [-0.05, 0) is 43.4 Å². The van der Waals surface area contributed by atoms with E-state index in [4.69, 9.17) is 9.47 Å². The molecule has 128 valence electrons. The summed E-state index contributed by atoms with van der Waals surface area (Å²) in [5, 5.41) is 3.00. The topological polar surface area (TPSA) is 47.6 Å². The number of rotatable bonds is 6. The van der Waals surface area contributed by atoms with Gasteiger partial charge in [-0.25, -0.2) is 0 Å². The number of benzene rings is 1. The maximum absolute atomic E-state index is 11.8. The minimum absolute atomic E-state index is 0.0246. The molecule has 0 aliphatic carbocycles. The third-order valence-corrected chi connectivity index (χ3v) is 3.92. The first kappa shape index (κ1) is 18.0. The number of nitrogens with one attached hydrogen (secondary N) is 1. The maximum Gasteiger partial charge on any atom is 0.224 e. The zero-order valence-corrected chi connectivity index (χ0v) is 14.9. The molecule has 4 nitrogen and oxygen atoms in total. The molecule has 1 fully saturated rings. The molecule has 0 radical (unpaired) electrons. The molecule has 1 unspecified atom stereocenters. The largest absolute Gasteiger partial charge is 0.348 e. The van der Waals surface area contributed by atoms with E-state index in [-0.39, 0.29) is 12.0 Å². The second-order valence-corrected chi connectivity index (χ2v) is 7.15. The Morgan fingerprint density at radius 3 is 2.70 bits per heavy atom. The lowest BCUT2D eigenvalue weighted by atomic mass is 9.97. The second kappa shape index (κ2) is 7.45. The summed E-state index contributed by atoms with van der Waals surface area (Å²) in [7, 11) is 0. The average Bonchev–Trinajstić information content (AvgIpc) is 2.80. The summed E-state index contributed by atoms with van der Waals surface area (Å²) in [5.41, 5.74) is 3.30. The highest BCUT2D eigenvalue weighted by molar-refractivity contribution is 5.91. The quantitative estimate of drug-likeness (QED) is 0.864. The standard InChI is InChI=1S/C19H29NO3/c1-6-18(21)20-17-8-7-14(9-13(2)3)10-15(17)11-16-12-22-19(4,5)23-16/h7-8,10,13,16H,6,9,11-12H2,1-5H3,(H,20,21). The summed E-state index contributed by atoms with van der Waals surface area (Å²) in [4.78, 5) is 11.8. The van der Waals surface area contributed by atoms with Crippen LogP contribution in [0.3, 0.4) is 0 Å². The van der Waals surface area contributed by atoms with Crippen molar-refractivity contribution in [3.05, 3.63) is 29.3 Å². The highest BCUT2D eigenvalue weighted by Gasteiger charge is 2.33. The minimum Gasteiger partial charge on any atom is -0.348 e. The molecule has 1 amide bonds. The maximum atomic E-state index is 11.8. The Balaban J connectivity index is 2.19. The van der Waals surface area contributed by atoms with E-state index in [1.807, 2.05) is 26.8 Å². The highest BCUT2D eigenvalue weighted by Crippen LogP contribution is 2.28. The molecule has 1 aromatic rings. The van der Waals surface area contributed by atoms with Crippen LogP contribution < -0.4 is 5.32 Å². The molecule has 23 heavy (non-hydrogen) atoms. The number of hydrogen-bond acceptors (Lipinski definition) is 3. The van der Waals surface area contributed by atoms with E-state index in [0.29, 0.717) is 18.9 Å². The van der Waals surface area contributed by atoms with E-state index < -0.39 is 5.79 Å². The number of amides is 1. The predicted octanol–water partition coefficient (Wildman–Crippen LogP) is 3.93. The molecule has 1 aliphatic rings. The number of hydrogen-bond donors (Lipinski definition) is 1. The van der Waals surface area contributed by atoms with Crippen molar-refractivity contribution in [3.63, 3.8) is 0 Å². The number of anilines is 1. The molecular formula is C19H29NO3. The second-order valence-electron chi connectivity index (χ2n) is 7.15. The summed E-state index contributed by atoms with van der Waals surface area (Å²) in [6.07, 6.45) is 2.28. The van der Waals surface area contributed by atoms with Crippen molar-refractivity contribution in [1.29, 1.82) is 0 Å². The van der Waals surface area contributed by atoms with Crippen molar-refractivity contribution in [2.24, 2.45) is 5.92 Å². The smallest absolute Gasteiger partial charge is 0.224 e. The average molecular weight is 319 g/mol. The van der Waals surface area contributed by atoms with E-state index in [2.05, 4.69) is 31.3 Å². The molecule has 1 aliphatic heterocycles. The van der Waals surface area contributed by atoms with E-state index in [1.165, 1.54) is 5.56 Å². The monoisotopic (exact) mass is 319 g/mol. The van der Waals surface area contributed by atoms with Gasteiger partial charge in [-0.3, -0.25) is 4.79 Å². The van der Waals surface area contributed by atoms with Gasteiger partial charge in [-0.2, -0.15) is 0 Å². The van der Waals surface area contributed by atoms with E-state index in [9.17, 15) is 4.79 Å². The summed E-state index contributed by atoms with van der Waals surface area (Å²) < 4.78 is 11.6. The number of carbonyl (C=O) groups is 1. The predicted molar refractivity (Wildman–Crippen MR) is 92.5 cm³/mol. The first-order valence-electron chi connectivity index (χ1n) is 8.52. The van der Waals surface area contributed by atoms with Crippen LogP contribution in [-0.4, -0.2) is 24.4 Å². The van der Waals surface area contributed by atoms with Crippen LogP contribution in [0.25, 0.3) is 0 Å². The van der Waals surface area contributed by atoms with E-state index in [1.54, 1.807) is 0 Å². The summed E-state index contributed by atoms with van der Waals surface area (Å²) >= 11 is 0. The minimum atomic E-state index is -0.521. The normalized spacial score (nSPS) is 20.0. The SMILES string of the molecule is CCC(=O)Nc1ccc(CC(C)C)cc1CC1COC(C)(C)O1. The molecule has 4 heteroatoms. The van der Waals surface area contributed by atoms with Crippen LogP contribution in [0.15, 0.2) is 18.2 Å². The molecule has 0 bridgehead atoms. The summed E-state index contributed by atoms with van der Waals surface area (Å²) in [6, 6.07) is 6.31. The van der Waals surface area contributed by atoms with E-state index >= 15 is 0 Å². The summed E-state index contributed by atoms with van der Waals surface area (Å²) in [6.45, 7) is 10.7. The lowest BCUT2D eigenvalue weighted by molar-refractivity contribution is -0.138. The van der Waals surface area contributed by atoms with Gasteiger partial charge in [-0.15, -0.1) is 0 Å². The first-order chi connectivity index (χ1) is 10.8. The van der Waals surface area contributed by atoms with Crippen LogP contribution in [0.1, 0.15) is 52.2 Å². The van der Waals surface area contributed by atoms with Crippen LogP contribution in [0.5, 0.6) is 0 Å². The fourth-order valence-electron chi connectivity index (χ4n) is 2.88. The van der Waals surface area contributed by atoms with Gasteiger partial charge < -0.3 is 14.8 Å². The van der Waals surface area contributed by atoms with Crippen molar-refractivity contribution in [3.8, 4) is 0 Å². The van der Waals surface area contributed by atoms with Crippen LogP contribution in [0, 0.1) is 5.92 Å². The van der Waals surface area contributed by atoms with Crippen LogP contribution >= 0.6 is 0 Å². The van der Waals surface area contributed by atoms with Crippen molar-refractivity contribution in [2.75, 3.05) is 11.9 Å². The Hall–Kier alpha value is -1.39. The Morgan fingerprint density at radius 1 is 1.39 bits per heavy atom. The van der Waals surface area contributed by atoms with Gasteiger partial charge in [0.05, 0.1) is 12.7 Å². The highest BCUT2D eigenvalue weighted by atomic mass is 16.7. The molecule has 1 aromatic carbocycles. The van der Waals surface area contributed by atoms with Crippen LogP contribution in [-0.2, 0) is 27.1 Å². The van der Waals surface area contributed by atoms with Gasteiger partial charge in [0, 0.05) is 18.5 Å². The molecule has 1 atom stereocenters. The molecule has 0 spiro atoms. The molecule has 1 heterocycles. The van der Waals surface area contributed by atoms with Gasteiger partial charge in [0.2, 0.25) is 5.91 Å². The van der Waals surface area contributed by atoms with Crippen molar-refractivity contribution in [2.45, 2.75) is 65.8 Å². The molecular weight excluding hydrogens is 290 g/mol. The Morgan fingerprint density at radius 2 is 2.13 bits per heavy atom. The zero-order chi connectivity index (χ0) is 17.0. The third kappa shape index (κ3) is 5.33. The zero-order valence-electron chi connectivity index (χ0n) is 14.9. The lowest BCUT2D eigenvalue weighted by Gasteiger charge is -2.19. The number of ether oxygens (including phenoxy) is 2. The van der Waals surface area contributed by atoms with Gasteiger partial charge >= 0.3 is 0 Å².